The summed E-state index contributed by atoms with van der Waals surface area (Å²) < 4.78 is 0. The summed E-state index contributed by atoms with van der Waals surface area (Å²) in [5, 5.41) is 0. The third kappa shape index (κ3) is 0.597. The van der Waals surface area contributed by atoms with Crippen LogP contribution in [0.4, 0.5) is 0 Å². The Morgan fingerprint density at radius 1 is 1.27 bits per heavy atom. The first-order valence-corrected chi connectivity index (χ1v) is 4.57. The molecule has 3 rings (SSSR count). The highest BCUT2D eigenvalue weighted by Crippen LogP contribution is 2.53. The Hall–Kier alpha value is -0.590. The molecule has 0 amide bonds. The Morgan fingerprint density at radius 2 is 2.09 bits per heavy atom. The van der Waals surface area contributed by atoms with Crippen molar-refractivity contribution in [2.45, 2.75) is 19.3 Å². The third-order valence-electron chi connectivity index (χ3n) is 3.72. The number of ketones is 1. The molecule has 0 spiro atoms. The van der Waals surface area contributed by atoms with Gasteiger partial charge in [0.25, 0.3) is 0 Å². The maximum atomic E-state index is 11.4. The van der Waals surface area contributed by atoms with E-state index >= 15 is 0 Å². The number of hydrogen-bond acceptors (Lipinski definition) is 1. The van der Waals surface area contributed by atoms with E-state index < -0.39 is 0 Å². The van der Waals surface area contributed by atoms with Crippen molar-refractivity contribution in [3.05, 3.63) is 12.2 Å². The monoisotopic (exact) mass is 148 g/mol. The molecule has 0 aliphatic heterocycles. The van der Waals surface area contributed by atoms with Crippen molar-refractivity contribution in [2.24, 2.45) is 23.7 Å². The normalized spacial score (nSPS) is 52.2. The highest BCUT2D eigenvalue weighted by Gasteiger charge is 2.50. The highest BCUT2D eigenvalue weighted by atomic mass is 16.1. The van der Waals surface area contributed by atoms with Crippen molar-refractivity contribution in [3.63, 3.8) is 0 Å². The minimum absolute atomic E-state index is 0.449. The van der Waals surface area contributed by atoms with Crippen LogP contribution in [0, 0.1) is 23.7 Å². The second-order valence-electron chi connectivity index (χ2n) is 4.14. The molecule has 1 heteroatoms. The Balaban J connectivity index is 2.03. The first-order valence-electron chi connectivity index (χ1n) is 4.57. The van der Waals surface area contributed by atoms with E-state index in [1.54, 1.807) is 0 Å². The van der Waals surface area contributed by atoms with Crippen molar-refractivity contribution >= 4 is 5.78 Å². The lowest BCUT2D eigenvalue weighted by Crippen LogP contribution is -2.18. The van der Waals surface area contributed by atoms with Gasteiger partial charge < -0.3 is 0 Å². The maximum absolute atomic E-state index is 11.4. The standard InChI is InChI=1S/C10H12O/c11-9-4-3-8-6-1-2-7(5-6)10(8)9/h1-2,6-8,10H,3-5H2/t6-,7+,8-,10+/m1/s1. The van der Waals surface area contributed by atoms with Gasteiger partial charge in [-0.3, -0.25) is 4.79 Å². The van der Waals surface area contributed by atoms with Crippen molar-refractivity contribution in [1.82, 2.24) is 0 Å². The summed E-state index contributed by atoms with van der Waals surface area (Å²) in [7, 11) is 0. The average molecular weight is 148 g/mol. The van der Waals surface area contributed by atoms with Gasteiger partial charge >= 0.3 is 0 Å². The fourth-order valence-electron chi connectivity index (χ4n) is 3.27. The summed E-state index contributed by atoms with van der Waals surface area (Å²) in [6.07, 6.45) is 7.93. The minimum Gasteiger partial charge on any atom is -0.299 e. The first kappa shape index (κ1) is 5.99. The van der Waals surface area contributed by atoms with E-state index in [0.29, 0.717) is 17.6 Å². The van der Waals surface area contributed by atoms with Crippen molar-refractivity contribution < 1.29 is 4.79 Å². The summed E-state index contributed by atoms with van der Waals surface area (Å²) in [6, 6.07) is 0. The van der Waals surface area contributed by atoms with Crippen LogP contribution < -0.4 is 0 Å². The molecule has 0 heterocycles. The number of carbonyl (C=O) groups is 1. The second-order valence-corrected chi connectivity index (χ2v) is 4.14. The molecule has 0 saturated heterocycles. The molecule has 3 aliphatic rings. The van der Waals surface area contributed by atoms with Gasteiger partial charge in [0.05, 0.1) is 0 Å². The van der Waals surface area contributed by atoms with Gasteiger partial charge in [-0.1, -0.05) is 12.2 Å². The summed E-state index contributed by atoms with van der Waals surface area (Å²) in [5.74, 6) is 3.16. The van der Waals surface area contributed by atoms with Crippen molar-refractivity contribution in [2.75, 3.05) is 0 Å². The summed E-state index contributed by atoms with van der Waals surface area (Å²) in [4.78, 5) is 11.4. The van der Waals surface area contributed by atoms with E-state index in [-0.39, 0.29) is 0 Å². The molecule has 11 heavy (non-hydrogen) atoms. The quantitative estimate of drug-likeness (QED) is 0.479. The molecule has 0 unspecified atom stereocenters. The number of hydrogen-bond donors (Lipinski definition) is 0. The molecule has 0 aromatic carbocycles. The van der Waals surface area contributed by atoms with E-state index in [4.69, 9.17) is 0 Å². The van der Waals surface area contributed by atoms with Crippen molar-refractivity contribution in [1.29, 1.82) is 0 Å². The smallest absolute Gasteiger partial charge is 0.136 e. The zero-order valence-corrected chi connectivity index (χ0v) is 6.49. The fraction of sp³-hybridized carbons (Fsp3) is 0.700. The molecule has 2 saturated carbocycles. The van der Waals surface area contributed by atoms with Crippen LogP contribution in [0.5, 0.6) is 0 Å². The predicted molar refractivity (Wildman–Crippen MR) is 42.0 cm³/mol. The molecule has 3 aliphatic carbocycles. The zero-order chi connectivity index (χ0) is 7.42. The van der Waals surface area contributed by atoms with Gasteiger partial charge in [-0.15, -0.1) is 0 Å². The van der Waals surface area contributed by atoms with Gasteiger partial charge in [0.1, 0.15) is 5.78 Å². The third-order valence-corrected chi connectivity index (χ3v) is 3.72. The van der Waals surface area contributed by atoms with Gasteiger partial charge in [-0.05, 0) is 30.6 Å². The van der Waals surface area contributed by atoms with Crippen LogP contribution in [0.3, 0.4) is 0 Å². The van der Waals surface area contributed by atoms with Crippen molar-refractivity contribution in [3.8, 4) is 0 Å². The van der Waals surface area contributed by atoms with E-state index in [0.717, 1.165) is 18.3 Å². The second kappa shape index (κ2) is 1.77. The zero-order valence-electron chi connectivity index (χ0n) is 6.49. The Kier molecular flexibility index (Phi) is 0.961. The topological polar surface area (TPSA) is 17.1 Å². The molecular weight excluding hydrogens is 136 g/mol. The van der Waals surface area contributed by atoms with Crippen LogP contribution in [-0.2, 0) is 4.79 Å². The minimum atomic E-state index is 0.449. The van der Waals surface area contributed by atoms with Crippen LogP contribution in [-0.4, -0.2) is 5.78 Å². The maximum Gasteiger partial charge on any atom is 0.136 e. The van der Waals surface area contributed by atoms with E-state index in [9.17, 15) is 4.79 Å². The molecule has 58 valence electrons. The number of fused-ring (bicyclic) bond motifs is 5. The van der Waals surface area contributed by atoms with Gasteiger partial charge in [-0.2, -0.15) is 0 Å². The van der Waals surface area contributed by atoms with Crippen LogP contribution in [0.25, 0.3) is 0 Å². The number of carbonyl (C=O) groups excluding carboxylic acids is 1. The molecule has 1 nitrogen and oxygen atoms in total. The molecule has 0 radical (unpaired) electrons. The molecule has 0 aromatic heterocycles. The highest BCUT2D eigenvalue weighted by molar-refractivity contribution is 5.84. The van der Waals surface area contributed by atoms with E-state index in [1.807, 2.05) is 0 Å². The van der Waals surface area contributed by atoms with E-state index in [2.05, 4.69) is 12.2 Å². The van der Waals surface area contributed by atoms with Gasteiger partial charge in [0, 0.05) is 12.3 Å². The fourth-order valence-corrected chi connectivity index (χ4v) is 3.27. The Morgan fingerprint density at radius 3 is 2.91 bits per heavy atom. The number of Topliss-reactive ketones (excluding diaryl/α,β-unsaturated/α-hetero) is 1. The van der Waals surface area contributed by atoms with Crippen LogP contribution in [0.15, 0.2) is 12.2 Å². The van der Waals surface area contributed by atoms with Crippen LogP contribution in [0.1, 0.15) is 19.3 Å². The van der Waals surface area contributed by atoms with Gasteiger partial charge in [0.2, 0.25) is 0 Å². The SMILES string of the molecule is O=C1CC[C@H]2[C@@H]1[C@H]1C=C[C@@H]2C1. The van der Waals surface area contributed by atoms with Crippen LogP contribution >= 0.6 is 0 Å². The molecule has 2 bridgehead atoms. The Labute approximate surface area is 66.5 Å². The summed E-state index contributed by atoms with van der Waals surface area (Å²) in [6.45, 7) is 0. The van der Waals surface area contributed by atoms with Gasteiger partial charge in [-0.25, -0.2) is 0 Å². The molecule has 0 N–H and O–H groups in total. The predicted octanol–water partition coefficient (Wildman–Crippen LogP) is 1.79. The number of allylic oxidation sites excluding steroid dienone is 2. The lowest BCUT2D eigenvalue weighted by Gasteiger charge is -2.17. The molecule has 2 fully saturated rings. The lowest BCUT2D eigenvalue weighted by atomic mass is 9.86. The number of rotatable bonds is 0. The van der Waals surface area contributed by atoms with Gasteiger partial charge in [0.15, 0.2) is 0 Å². The average Bonchev–Trinajstić information content (AvgIpc) is 2.60. The van der Waals surface area contributed by atoms with E-state index in [1.165, 1.54) is 12.8 Å². The van der Waals surface area contributed by atoms with Crippen LogP contribution in [0.2, 0.25) is 0 Å². The molecular formula is C10H12O. The summed E-state index contributed by atoms with van der Waals surface area (Å²) in [5.41, 5.74) is 0. The molecule has 0 aromatic rings. The molecule has 4 atom stereocenters. The summed E-state index contributed by atoms with van der Waals surface area (Å²) >= 11 is 0. The Bertz CT molecular complexity index is 241. The first-order chi connectivity index (χ1) is 5.36. The lowest BCUT2D eigenvalue weighted by molar-refractivity contribution is -0.121. The largest absolute Gasteiger partial charge is 0.299 e.